The van der Waals surface area contributed by atoms with E-state index in [1.54, 1.807) is 18.2 Å². The molecular weight excluding hydrogens is 644 g/mol. The molecule has 0 saturated heterocycles. The smallest absolute Gasteiger partial charge is 0.338 e. The molecule has 1 aromatic carbocycles. The molecule has 0 aliphatic heterocycles. The van der Waals surface area contributed by atoms with Crippen LogP contribution in [0.3, 0.4) is 0 Å². The predicted molar refractivity (Wildman–Crippen MR) is 168 cm³/mol. The minimum atomic E-state index is -2.51. The second-order valence-electron chi connectivity index (χ2n) is 14.1. The maximum atomic E-state index is 13.8. The Morgan fingerprint density at radius 2 is 1.41 bits per heavy atom. The van der Waals surface area contributed by atoms with Crippen molar-refractivity contribution in [3.63, 3.8) is 0 Å². The first-order chi connectivity index (χ1) is 22.6. The molecule has 1 aromatic rings. The molecule has 4 rings (SSSR count). The third-order valence-corrected chi connectivity index (χ3v) is 10.6. The van der Waals surface area contributed by atoms with Gasteiger partial charge in [0.2, 0.25) is 0 Å². The number of aliphatic hydroxyl groups excluding tert-OH is 2. The lowest BCUT2D eigenvalue weighted by Crippen LogP contribution is -2.74. The summed E-state index contributed by atoms with van der Waals surface area (Å²) in [6.45, 7) is 9.16. The van der Waals surface area contributed by atoms with Gasteiger partial charge in [0.05, 0.1) is 34.2 Å². The number of benzene rings is 1. The molecule has 0 unspecified atom stereocenters. The van der Waals surface area contributed by atoms with Gasteiger partial charge in [-0.2, -0.15) is 0 Å². The number of rotatable bonds is 8. The molecule has 10 atom stereocenters. The topological polar surface area (TPSA) is 212 Å². The van der Waals surface area contributed by atoms with Gasteiger partial charge >= 0.3 is 29.8 Å². The molecule has 2 saturated carbocycles. The fourth-order valence-corrected chi connectivity index (χ4v) is 8.50. The first kappa shape index (κ1) is 38.0. The normalized spacial score (nSPS) is 35.6. The van der Waals surface area contributed by atoms with Crippen molar-refractivity contribution in [2.24, 2.45) is 16.7 Å². The van der Waals surface area contributed by atoms with Crippen molar-refractivity contribution in [1.29, 1.82) is 0 Å². The predicted octanol–water partition coefficient (Wildman–Crippen LogP) is 1.54. The molecule has 4 N–H and O–H groups in total. The maximum absolute atomic E-state index is 13.8. The molecule has 2 fully saturated rings. The molecule has 3 aliphatic rings. The third kappa shape index (κ3) is 6.46. The van der Waals surface area contributed by atoms with Crippen LogP contribution >= 0.6 is 0 Å². The summed E-state index contributed by atoms with van der Waals surface area (Å²) in [6, 6.07) is 7.84. The Labute approximate surface area is 284 Å². The van der Waals surface area contributed by atoms with Crippen molar-refractivity contribution in [3.05, 3.63) is 47.0 Å². The number of aliphatic hydroxyl groups is 4. The molecule has 270 valence electrons. The van der Waals surface area contributed by atoms with E-state index in [2.05, 4.69) is 0 Å². The summed E-state index contributed by atoms with van der Waals surface area (Å²) in [5, 5.41) is 49.2. The largest absolute Gasteiger partial charge is 0.463 e. The molecular formula is C35H46O14. The minimum absolute atomic E-state index is 0.0200. The Balaban J connectivity index is 2.18. The van der Waals surface area contributed by atoms with E-state index in [1.807, 2.05) is 0 Å². The first-order valence-corrected chi connectivity index (χ1v) is 16.1. The van der Waals surface area contributed by atoms with E-state index < -0.39 is 107 Å². The Kier molecular flexibility index (Phi) is 10.4. The zero-order valence-corrected chi connectivity index (χ0v) is 28.9. The quantitative estimate of drug-likeness (QED) is 0.173. The van der Waals surface area contributed by atoms with Crippen molar-refractivity contribution in [1.82, 2.24) is 0 Å². The van der Waals surface area contributed by atoms with Gasteiger partial charge in [0.1, 0.15) is 24.4 Å². The molecule has 14 nitrogen and oxygen atoms in total. The molecule has 49 heavy (non-hydrogen) atoms. The zero-order valence-electron chi connectivity index (χ0n) is 28.9. The molecule has 0 heterocycles. The van der Waals surface area contributed by atoms with Gasteiger partial charge in [-0.1, -0.05) is 25.1 Å². The number of fused-ring (bicyclic) bond motifs is 2. The number of ether oxygens (including phenoxy) is 5. The van der Waals surface area contributed by atoms with Crippen LogP contribution in [-0.4, -0.2) is 105 Å². The molecule has 0 spiro atoms. The highest BCUT2D eigenvalue weighted by Gasteiger charge is 2.77. The Morgan fingerprint density at radius 3 is 1.92 bits per heavy atom. The summed E-state index contributed by atoms with van der Waals surface area (Å²) in [5.41, 5.74) is -8.08. The second-order valence-corrected chi connectivity index (χ2v) is 14.1. The van der Waals surface area contributed by atoms with Crippen LogP contribution in [-0.2, 0) is 42.9 Å². The molecule has 0 radical (unpaired) electrons. The van der Waals surface area contributed by atoms with E-state index in [4.69, 9.17) is 23.7 Å². The Bertz CT molecular complexity index is 1510. The summed E-state index contributed by atoms with van der Waals surface area (Å²) >= 11 is 0. The highest BCUT2D eigenvalue weighted by Crippen LogP contribution is 2.66. The lowest BCUT2D eigenvalue weighted by molar-refractivity contribution is -0.292. The molecule has 14 heteroatoms. The van der Waals surface area contributed by atoms with E-state index in [0.717, 1.165) is 27.7 Å². The second kappa shape index (κ2) is 13.5. The van der Waals surface area contributed by atoms with Gasteiger partial charge in [-0.3, -0.25) is 19.2 Å². The van der Waals surface area contributed by atoms with Crippen LogP contribution in [0.2, 0.25) is 0 Å². The van der Waals surface area contributed by atoms with Crippen LogP contribution in [0.4, 0.5) is 0 Å². The van der Waals surface area contributed by atoms with Crippen molar-refractivity contribution < 1.29 is 68.1 Å². The summed E-state index contributed by atoms with van der Waals surface area (Å²) in [7, 11) is 0. The summed E-state index contributed by atoms with van der Waals surface area (Å²) in [5.74, 6) is -6.04. The lowest BCUT2D eigenvalue weighted by Gasteiger charge is -2.60. The fraction of sp³-hybridized carbons (Fsp3) is 0.629. The van der Waals surface area contributed by atoms with E-state index >= 15 is 0 Å². The first-order valence-electron chi connectivity index (χ1n) is 16.1. The van der Waals surface area contributed by atoms with Gasteiger partial charge in [-0.05, 0) is 50.5 Å². The lowest BCUT2D eigenvalue weighted by atomic mass is 9.51. The van der Waals surface area contributed by atoms with Crippen molar-refractivity contribution in [2.75, 3.05) is 6.61 Å². The van der Waals surface area contributed by atoms with E-state index in [-0.39, 0.29) is 23.1 Å². The van der Waals surface area contributed by atoms with Gasteiger partial charge in [0.15, 0.2) is 12.2 Å². The minimum Gasteiger partial charge on any atom is -0.463 e. The van der Waals surface area contributed by atoms with E-state index in [9.17, 15) is 44.4 Å². The molecule has 0 bridgehead atoms. The standard InChI is InChI=1S/C35H46O14/c1-17-23(40)15-34(32(6,7)43)26(17)27(49-31(42)22-12-10-9-11-13-22)30(48-21(5)39)33(8)24(46-19(3)37)14-25(47-20(4)38)35(44,16-45-18(2)36)28(33)29(34)41/h9-13,23-25,27-30,40-41,43-44H,14-16H2,1-8H3/t23-,24-,25-,27+,28-,29-,30-,33+,34-,35-/m0/s1. The van der Waals surface area contributed by atoms with Crippen LogP contribution in [0, 0.1) is 16.7 Å². The van der Waals surface area contributed by atoms with Gasteiger partial charge < -0.3 is 44.1 Å². The number of carbonyl (C=O) groups excluding carboxylic acids is 5. The van der Waals surface area contributed by atoms with Crippen molar-refractivity contribution in [3.8, 4) is 0 Å². The molecule has 0 amide bonds. The van der Waals surface area contributed by atoms with Crippen LogP contribution in [0.5, 0.6) is 0 Å². The molecule has 3 aliphatic carbocycles. The fourth-order valence-electron chi connectivity index (χ4n) is 8.50. The number of hydrogen-bond acceptors (Lipinski definition) is 14. The SMILES string of the molecule is CC(=O)OC[C@]1(O)[C@@H](OC(C)=O)C[C@H](OC(C)=O)[C@]2(C)[C@@H]1[C@H](O)[C@]1(C(C)(C)O)C[C@H](O)C(C)=C1[C@@H](OC(=O)c1ccccc1)[C@@H]2OC(C)=O. The van der Waals surface area contributed by atoms with Crippen LogP contribution in [0.25, 0.3) is 0 Å². The number of carbonyl (C=O) groups is 5. The van der Waals surface area contributed by atoms with E-state index in [1.165, 1.54) is 39.8 Å². The average Bonchev–Trinajstić information content (AvgIpc) is 3.23. The maximum Gasteiger partial charge on any atom is 0.338 e. The summed E-state index contributed by atoms with van der Waals surface area (Å²) in [6.07, 6.45) is -10.5. The van der Waals surface area contributed by atoms with Gasteiger partial charge in [-0.15, -0.1) is 0 Å². The van der Waals surface area contributed by atoms with E-state index in [0.29, 0.717) is 0 Å². The van der Waals surface area contributed by atoms with Crippen LogP contribution in [0.15, 0.2) is 41.5 Å². The average molecular weight is 691 g/mol. The highest BCUT2D eigenvalue weighted by atomic mass is 16.6. The van der Waals surface area contributed by atoms with Crippen molar-refractivity contribution >= 4 is 29.8 Å². The summed E-state index contributed by atoms with van der Waals surface area (Å²) in [4.78, 5) is 64.2. The Hall–Kier alpha value is -3.85. The van der Waals surface area contributed by atoms with Gasteiger partial charge in [0.25, 0.3) is 0 Å². The Morgan fingerprint density at radius 1 is 0.857 bits per heavy atom. The van der Waals surface area contributed by atoms with Crippen LogP contribution in [0.1, 0.15) is 78.6 Å². The van der Waals surface area contributed by atoms with Crippen molar-refractivity contribution in [2.45, 2.75) is 116 Å². The molecule has 0 aromatic heterocycles. The number of hydrogen-bond donors (Lipinski definition) is 4. The van der Waals surface area contributed by atoms with Gasteiger partial charge in [0, 0.05) is 40.0 Å². The number of esters is 5. The highest BCUT2D eigenvalue weighted by molar-refractivity contribution is 5.89. The third-order valence-electron chi connectivity index (χ3n) is 10.6. The zero-order chi connectivity index (χ0) is 36.9. The monoisotopic (exact) mass is 690 g/mol. The summed E-state index contributed by atoms with van der Waals surface area (Å²) < 4.78 is 28.9. The van der Waals surface area contributed by atoms with Crippen LogP contribution < -0.4 is 0 Å². The van der Waals surface area contributed by atoms with Gasteiger partial charge in [-0.25, -0.2) is 4.79 Å².